The molecule has 21 heavy (non-hydrogen) atoms. The third-order valence-electron chi connectivity index (χ3n) is 2.74. The lowest BCUT2D eigenvalue weighted by atomic mass is 10.1. The number of ketones is 1. The Balaban J connectivity index is 2.08. The SMILES string of the molecule is CCOc1ccccc1C(=O)COc1ccc(Cl)cc1Br. The summed E-state index contributed by atoms with van der Waals surface area (Å²) in [5.74, 6) is 1.01. The summed E-state index contributed by atoms with van der Waals surface area (Å²) >= 11 is 9.21. The largest absolute Gasteiger partial charge is 0.493 e. The topological polar surface area (TPSA) is 35.5 Å². The summed E-state index contributed by atoms with van der Waals surface area (Å²) in [7, 11) is 0. The van der Waals surface area contributed by atoms with Crippen molar-refractivity contribution in [2.45, 2.75) is 6.92 Å². The van der Waals surface area contributed by atoms with E-state index in [9.17, 15) is 4.79 Å². The zero-order chi connectivity index (χ0) is 15.2. The number of carbonyl (C=O) groups is 1. The number of hydrogen-bond acceptors (Lipinski definition) is 3. The van der Waals surface area contributed by atoms with Gasteiger partial charge in [0.05, 0.1) is 16.6 Å². The van der Waals surface area contributed by atoms with Crippen LogP contribution in [0.4, 0.5) is 0 Å². The predicted octanol–water partition coefficient (Wildman–Crippen LogP) is 4.76. The summed E-state index contributed by atoms with van der Waals surface area (Å²) in [5.41, 5.74) is 0.518. The highest BCUT2D eigenvalue weighted by molar-refractivity contribution is 9.10. The van der Waals surface area contributed by atoms with E-state index in [4.69, 9.17) is 21.1 Å². The van der Waals surface area contributed by atoms with Crippen LogP contribution in [0.3, 0.4) is 0 Å². The molecule has 0 saturated carbocycles. The summed E-state index contributed by atoms with van der Waals surface area (Å²) in [6.07, 6.45) is 0. The fourth-order valence-corrected chi connectivity index (χ4v) is 2.59. The summed E-state index contributed by atoms with van der Waals surface area (Å²) in [4.78, 5) is 12.2. The Hall–Kier alpha value is -1.52. The highest BCUT2D eigenvalue weighted by atomic mass is 79.9. The van der Waals surface area contributed by atoms with Gasteiger partial charge in [0.1, 0.15) is 11.5 Å². The first kappa shape index (κ1) is 15.9. The van der Waals surface area contributed by atoms with Crippen LogP contribution < -0.4 is 9.47 Å². The molecule has 0 amide bonds. The van der Waals surface area contributed by atoms with E-state index in [0.717, 1.165) is 0 Å². The molecule has 0 heterocycles. The van der Waals surface area contributed by atoms with Crippen LogP contribution in [0.5, 0.6) is 11.5 Å². The fraction of sp³-hybridized carbons (Fsp3) is 0.188. The van der Waals surface area contributed by atoms with Gasteiger partial charge in [-0.25, -0.2) is 0 Å². The molecule has 0 bridgehead atoms. The van der Waals surface area contributed by atoms with Crippen molar-refractivity contribution in [2.24, 2.45) is 0 Å². The zero-order valence-corrected chi connectivity index (χ0v) is 13.8. The molecule has 0 aliphatic heterocycles. The van der Waals surface area contributed by atoms with E-state index in [1.165, 1.54) is 0 Å². The molecule has 0 N–H and O–H groups in total. The Labute approximate surface area is 137 Å². The second-order valence-corrected chi connectivity index (χ2v) is 5.51. The fourth-order valence-electron chi connectivity index (χ4n) is 1.79. The number of rotatable bonds is 6. The molecule has 0 aromatic heterocycles. The van der Waals surface area contributed by atoms with Crippen molar-refractivity contribution in [2.75, 3.05) is 13.2 Å². The Morgan fingerprint density at radius 1 is 1.14 bits per heavy atom. The monoisotopic (exact) mass is 368 g/mol. The van der Waals surface area contributed by atoms with Crippen LogP contribution in [-0.4, -0.2) is 19.0 Å². The van der Waals surface area contributed by atoms with Crippen LogP contribution in [-0.2, 0) is 0 Å². The Bertz CT molecular complexity index is 643. The zero-order valence-electron chi connectivity index (χ0n) is 11.4. The molecule has 2 aromatic carbocycles. The van der Waals surface area contributed by atoms with E-state index in [2.05, 4.69) is 15.9 Å². The van der Waals surface area contributed by atoms with Gasteiger partial charge in [0.15, 0.2) is 6.61 Å². The number of para-hydroxylation sites is 1. The molecular weight excluding hydrogens is 356 g/mol. The summed E-state index contributed by atoms with van der Waals surface area (Å²) in [6.45, 7) is 2.32. The second kappa shape index (κ2) is 7.48. The molecule has 0 atom stereocenters. The molecular formula is C16H14BrClO3. The van der Waals surface area contributed by atoms with Crippen molar-refractivity contribution < 1.29 is 14.3 Å². The third kappa shape index (κ3) is 4.22. The van der Waals surface area contributed by atoms with Gasteiger partial charge in [-0.1, -0.05) is 23.7 Å². The van der Waals surface area contributed by atoms with Gasteiger partial charge in [0.2, 0.25) is 5.78 Å². The normalized spacial score (nSPS) is 10.2. The number of hydrogen-bond donors (Lipinski definition) is 0. The third-order valence-corrected chi connectivity index (χ3v) is 3.59. The highest BCUT2D eigenvalue weighted by Gasteiger charge is 2.13. The van der Waals surface area contributed by atoms with Crippen molar-refractivity contribution in [3.63, 3.8) is 0 Å². The average Bonchev–Trinajstić information content (AvgIpc) is 2.47. The minimum Gasteiger partial charge on any atom is -0.493 e. The van der Waals surface area contributed by atoms with Crippen molar-refractivity contribution in [3.8, 4) is 11.5 Å². The van der Waals surface area contributed by atoms with Gasteiger partial charge in [0, 0.05) is 5.02 Å². The molecule has 0 spiro atoms. The van der Waals surface area contributed by atoms with E-state index in [1.54, 1.807) is 36.4 Å². The lowest BCUT2D eigenvalue weighted by molar-refractivity contribution is 0.0917. The average molecular weight is 370 g/mol. The highest BCUT2D eigenvalue weighted by Crippen LogP contribution is 2.28. The van der Waals surface area contributed by atoms with E-state index in [1.807, 2.05) is 13.0 Å². The van der Waals surface area contributed by atoms with Gasteiger partial charge >= 0.3 is 0 Å². The van der Waals surface area contributed by atoms with Crippen LogP contribution in [0.1, 0.15) is 17.3 Å². The number of carbonyl (C=O) groups excluding carboxylic acids is 1. The number of benzene rings is 2. The van der Waals surface area contributed by atoms with E-state index < -0.39 is 0 Å². The first-order valence-electron chi connectivity index (χ1n) is 6.44. The summed E-state index contributed by atoms with van der Waals surface area (Å²) in [5, 5.41) is 0.599. The van der Waals surface area contributed by atoms with Crippen LogP contribution >= 0.6 is 27.5 Å². The van der Waals surface area contributed by atoms with Gasteiger partial charge in [-0.15, -0.1) is 0 Å². The van der Waals surface area contributed by atoms with E-state index in [-0.39, 0.29) is 12.4 Å². The Morgan fingerprint density at radius 3 is 2.62 bits per heavy atom. The van der Waals surface area contributed by atoms with Gasteiger partial charge in [0.25, 0.3) is 0 Å². The predicted molar refractivity (Wildman–Crippen MR) is 86.6 cm³/mol. The van der Waals surface area contributed by atoms with Gasteiger partial charge < -0.3 is 9.47 Å². The molecule has 110 valence electrons. The first-order chi connectivity index (χ1) is 10.1. The summed E-state index contributed by atoms with van der Waals surface area (Å²) in [6, 6.07) is 12.3. The smallest absolute Gasteiger partial charge is 0.203 e. The molecule has 0 fully saturated rings. The maximum atomic E-state index is 12.2. The molecule has 0 unspecified atom stereocenters. The minimum atomic E-state index is -0.138. The van der Waals surface area contributed by atoms with Gasteiger partial charge in [-0.05, 0) is 53.2 Å². The van der Waals surface area contributed by atoms with Crippen LogP contribution in [0, 0.1) is 0 Å². The van der Waals surface area contributed by atoms with Crippen molar-refractivity contribution in [1.82, 2.24) is 0 Å². The minimum absolute atomic E-state index is 0.0652. The Kier molecular flexibility index (Phi) is 5.65. The van der Waals surface area contributed by atoms with Crippen molar-refractivity contribution >= 4 is 33.3 Å². The quantitative estimate of drug-likeness (QED) is 0.689. The van der Waals surface area contributed by atoms with Crippen LogP contribution in [0.15, 0.2) is 46.9 Å². The van der Waals surface area contributed by atoms with Crippen LogP contribution in [0.2, 0.25) is 5.02 Å². The second-order valence-electron chi connectivity index (χ2n) is 4.22. The molecule has 0 saturated heterocycles. The standard InChI is InChI=1S/C16H14BrClO3/c1-2-20-15-6-4-3-5-12(15)14(19)10-21-16-8-7-11(18)9-13(16)17/h3-9H,2,10H2,1H3. The molecule has 0 aliphatic rings. The number of Topliss-reactive ketones (excluding diaryl/α,β-unsaturated/α-hetero) is 1. The number of halogens is 2. The first-order valence-corrected chi connectivity index (χ1v) is 7.61. The lowest BCUT2D eigenvalue weighted by Gasteiger charge is -2.11. The van der Waals surface area contributed by atoms with Crippen molar-refractivity contribution in [1.29, 1.82) is 0 Å². The van der Waals surface area contributed by atoms with E-state index >= 15 is 0 Å². The maximum absolute atomic E-state index is 12.2. The lowest BCUT2D eigenvalue weighted by Crippen LogP contribution is -2.13. The molecule has 5 heteroatoms. The molecule has 3 nitrogen and oxygen atoms in total. The number of ether oxygens (including phenoxy) is 2. The molecule has 2 rings (SSSR count). The summed E-state index contributed by atoms with van der Waals surface area (Å²) < 4.78 is 11.7. The van der Waals surface area contributed by atoms with Crippen LogP contribution in [0.25, 0.3) is 0 Å². The van der Waals surface area contributed by atoms with Gasteiger partial charge in [-0.2, -0.15) is 0 Å². The van der Waals surface area contributed by atoms with Crippen molar-refractivity contribution in [3.05, 3.63) is 57.5 Å². The molecule has 2 aromatic rings. The molecule has 0 radical (unpaired) electrons. The Morgan fingerprint density at radius 2 is 1.90 bits per heavy atom. The van der Waals surface area contributed by atoms with Gasteiger partial charge in [-0.3, -0.25) is 4.79 Å². The van der Waals surface area contributed by atoms with E-state index in [0.29, 0.717) is 33.2 Å². The maximum Gasteiger partial charge on any atom is 0.203 e. The molecule has 0 aliphatic carbocycles.